The maximum absolute atomic E-state index is 6.49. The van der Waals surface area contributed by atoms with Gasteiger partial charge in [-0.25, -0.2) is 0 Å². The molecule has 0 bridgehead atoms. The van der Waals surface area contributed by atoms with Crippen LogP contribution in [0.2, 0.25) is 5.02 Å². The Balaban J connectivity index is 2.10. The van der Waals surface area contributed by atoms with Crippen LogP contribution in [0.1, 0.15) is 42.9 Å². The Morgan fingerprint density at radius 2 is 1.57 bits per heavy atom. The summed E-state index contributed by atoms with van der Waals surface area (Å²) >= 11 is 6.49. The lowest BCUT2D eigenvalue weighted by molar-refractivity contribution is 0.316. The Bertz CT molecular complexity index is 588. The average molecular weight is 300 g/mol. The number of benzene rings is 2. The van der Waals surface area contributed by atoms with Gasteiger partial charge in [-0.1, -0.05) is 73.0 Å². The summed E-state index contributed by atoms with van der Waals surface area (Å²) in [4.78, 5) is 0. The van der Waals surface area contributed by atoms with E-state index in [-0.39, 0.29) is 11.5 Å². The van der Waals surface area contributed by atoms with Crippen molar-refractivity contribution in [1.29, 1.82) is 0 Å². The molecule has 2 aromatic carbocycles. The molecule has 1 atom stereocenters. The molecule has 3 rings (SSSR count). The van der Waals surface area contributed by atoms with E-state index < -0.39 is 0 Å². The van der Waals surface area contributed by atoms with Gasteiger partial charge in [-0.3, -0.25) is 0 Å². The van der Waals surface area contributed by atoms with Crippen molar-refractivity contribution in [2.75, 3.05) is 7.05 Å². The van der Waals surface area contributed by atoms with Gasteiger partial charge in [0.1, 0.15) is 0 Å². The highest BCUT2D eigenvalue weighted by Crippen LogP contribution is 2.50. The van der Waals surface area contributed by atoms with E-state index >= 15 is 0 Å². The molecule has 0 amide bonds. The van der Waals surface area contributed by atoms with Crippen molar-refractivity contribution >= 4 is 11.6 Å². The largest absolute Gasteiger partial charge is 0.312 e. The van der Waals surface area contributed by atoms with Crippen LogP contribution >= 0.6 is 11.6 Å². The number of rotatable bonds is 4. The zero-order valence-corrected chi connectivity index (χ0v) is 13.2. The normalized spacial score (nSPS) is 18.6. The lowest BCUT2D eigenvalue weighted by Crippen LogP contribution is -2.38. The summed E-state index contributed by atoms with van der Waals surface area (Å²) in [5.41, 5.74) is 2.80. The number of hydrogen-bond acceptors (Lipinski definition) is 1. The number of hydrogen-bond donors (Lipinski definition) is 1. The molecule has 2 heteroatoms. The first-order valence-corrected chi connectivity index (χ1v) is 8.13. The fourth-order valence-electron chi connectivity index (χ4n) is 3.96. The minimum atomic E-state index is 0.154. The standard InChI is InChI=1S/C19H22ClN/c1-21-18(16-11-5-6-12-17(16)20)19(13-7-8-14-19)15-9-3-2-4-10-15/h2-6,9-12,18,21H,7-8,13-14H2,1H3. The van der Waals surface area contributed by atoms with Crippen molar-refractivity contribution in [2.45, 2.75) is 37.1 Å². The minimum Gasteiger partial charge on any atom is -0.312 e. The van der Waals surface area contributed by atoms with E-state index in [4.69, 9.17) is 11.6 Å². The van der Waals surface area contributed by atoms with Crippen molar-refractivity contribution in [3.8, 4) is 0 Å². The first-order chi connectivity index (χ1) is 10.3. The van der Waals surface area contributed by atoms with Crippen LogP contribution < -0.4 is 5.32 Å². The van der Waals surface area contributed by atoms with E-state index in [9.17, 15) is 0 Å². The monoisotopic (exact) mass is 299 g/mol. The summed E-state index contributed by atoms with van der Waals surface area (Å²) in [5.74, 6) is 0. The zero-order chi connectivity index (χ0) is 14.7. The molecule has 0 saturated heterocycles. The predicted molar refractivity (Wildman–Crippen MR) is 89.8 cm³/mol. The maximum atomic E-state index is 6.49. The molecule has 0 spiro atoms. The van der Waals surface area contributed by atoms with E-state index in [1.54, 1.807) is 0 Å². The highest BCUT2D eigenvalue weighted by Gasteiger charge is 2.43. The third kappa shape index (κ3) is 2.61. The smallest absolute Gasteiger partial charge is 0.0454 e. The van der Waals surface area contributed by atoms with E-state index in [0.717, 1.165) is 5.02 Å². The van der Waals surface area contributed by atoms with Crippen LogP contribution in [0.5, 0.6) is 0 Å². The summed E-state index contributed by atoms with van der Waals surface area (Å²) < 4.78 is 0. The van der Waals surface area contributed by atoms with Gasteiger partial charge in [0.2, 0.25) is 0 Å². The van der Waals surface area contributed by atoms with Gasteiger partial charge in [-0.2, -0.15) is 0 Å². The van der Waals surface area contributed by atoms with Gasteiger partial charge in [0.05, 0.1) is 0 Å². The lowest BCUT2D eigenvalue weighted by atomic mass is 9.70. The minimum absolute atomic E-state index is 0.154. The molecule has 1 aliphatic carbocycles. The molecule has 0 aliphatic heterocycles. The summed E-state index contributed by atoms with van der Waals surface area (Å²) in [6.45, 7) is 0. The molecule has 2 aromatic rings. The van der Waals surface area contributed by atoms with Gasteiger partial charge in [0.25, 0.3) is 0 Å². The number of halogens is 1. The Morgan fingerprint density at radius 1 is 0.952 bits per heavy atom. The van der Waals surface area contributed by atoms with Crippen LogP contribution in [0, 0.1) is 0 Å². The van der Waals surface area contributed by atoms with Crippen molar-refractivity contribution < 1.29 is 0 Å². The quantitative estimate of drug-likeness (QED) is 0.827. The average Bonchev–Trinajstić information content (AvgIpc) is 3.01. The van der Waals surface area contributed by atoms with Crippen molar-refractivity contribution in [1.82, 2.24) is 5.32 Å². The fraction of sp³-hybridized carbons (Fsp3) is 0.368. The van der Waals surface area contributed by atoms with Crippen molar-refractivity contribution in [2.24, 2.45) is 0 Å². The Morgan fingerprint density at radius 3 is 2.19 bits per heavy atom. The zero-order valence-electron chi connectivity index (χ0n) is 12.5. The fourth-order valence-corrected chi connectivity index (χ4v) is 4.20. The van der Waals surface area contributed by atoms with Crippen molar-refractivity contribution in [3.63, 3.8) is 0 Å². The van der Waals surface area contributed by atoms with Crippen LogP contribution in [0.25, 0.3) is 0 Å². The second kappa shape index (κ2) is 6.21. The number of nitrogens with one attached hydrogen (secondary N) is 1. The van der Waals surface area contributed by atoms with E-state index in [1.807, 2.05) is 12.1 Å². The molecular formula is C19H22ClN. The highest BCUT2D eigenvalue weighted by atomic mass is 35.5. The van der Waals surface area contributed by atoms with Crippen LogP contribution in [0.3, 0.4) is 0 Å². The second-order valence-corrected chi connectivity index (χ2v) is 6.38. The summed E-state index contributed by atoms with van der Waals surface area (Å²) in [5, 5.41) is 4.42. The molecule has 1 N–H and O–H groups in total. The van der Waals surface area contributed by atoms with E-state index in [1.165, 1.54) is 36.8 Å². The van der Waals surface area contributed by atoms with Gasteiger partial charge >= 0.3 is 0 Å². The first-order valence-electron chi connectivity index (χ1n) is 7.75. The summed E-state index contributed by atoms with van der Waals surface area (Å²) in [6, 6.07) is 19.4. The highest BCUT2D eigenvalue weighted by molar-refractivity contribution is 6.31. The molecule has 1 nitrogen and oxygen atoms in total. The molecule has 1 aliphatic rings. The lowest BCUT2D eigenvalue weighted by Gasteiger charge is -2.39. The van der Waals surface area contributed by atoms with Crippen LogP contribution in [-0.2, 0) is 5.41 Å². The van der Waals surface area contributed by atoms with Gasteiger partial charge in [0.15, 0.2) is 0 Å². The first kappa shape index (κ1) is 14.6. The maximum Gasteiger partial charge on any atom is 0.0454 e. The van der Waals surface area contributed by atoms with Gasteiger partial charge in [-0.05, 0) is 37.1 Å². The van der Waals surface area contributed by atoms with Gasteiger partial charge in [-0.15, -0.1) is 0 Å². The molecule has 0 heterocycles. The Kier molecular flexibility index (Phi) is 4.32. The number of likely N-dealkylation sites (N-methyl/N-ethyl adjacent to an activating group) is 1. The SMILES string of the molecule is CNC(c1ccccc1Cl)C1(c2ccccc2)CCCC1. The Labute approximate surface area is 132 Å². The van der Waals surface area contributed by atoms with Gasteiger partial charge in [0, 0.05) is 16.5 Å². The predicted octanol–water partition coefficient (Wildman–Crippen LogP) is 5.11. The van der Waals surface area contributed by atoms with Crippen molar-refractivity contribution in [3.05, 3.63) is 70.7 Å². The summed E-state index contributed by atoms with van der Waals surface area (Å²) in [7, 11) is 2.05. The molecule has 0 radical (unpaired) electrons. The molecule has 1 fully saturated rings. The molecule has 110 valence electrons. The molecule has 21 heavy (non-hydrogen) atoms. The van der Waals surface area contributed by atoms with Crippen LogP contribution in [0.4, 0.5) is 0 Å². The third-order valence-electron chi connectivity index (χ3n) is 4.90. The third-order valence-corrected chi connectivity index (χ3v) is 5.25. The Hall–Kier alpha value is -1.31. The molecular weight excluding hydrogens is 278 g/mol. The molecule has 0 aromatic heterocycles. The van der Waals surface area contributed by atoms with E-state index in [0.29, 0.717) is 0 Å². The second-order valence-electron chi connectivity index (χ2n) is 5.97. The van der Waals surface area contributed by atoms with E-state index in [2.05, 4.69) is 54.8 Å². The molecule has 1 unspecified atom stereocenters. The van der Waals surface area contributed by atoms with Crippen LogP contribution in [-0.4, -0.2) is 7.05 Å². The molecule has 1 saturated carbocycles. The topological polar surface area (TPSA) is 12.0 Å². The summed E-state index contributed by atoms with van der Waals surface area (Å²) in [6.07, 6.45) is 5.01. The van der Waals surface area contributed by atoms with Crippen LogP contribution in [0.15, 0.2) is 54.6 Å². The van der Waals surface area contributed by atoms with Gasteiger partial charge < -0.3 is 5.32 Å².